The van der Waals surface area contributed by atoms with Crippen molar-refractivity contribution in [2.45, 2.75) is 46.1 Å². The van der Waals surface area contributed by atoms with Gasteiger partial charge in [0.25, 0.3) is 0 Å². The second-order valence-electron chi connectivity index (χ2n) is 9.01. The Hall–Kier alpha value is -1.88. The highest BCUT2D eigenvalue weighted by Crippen LogP contribution is 2.65. The highest BCUT2D eigenvalue weighted by Gasteiger charge is 2.65. The maximum absolute atomic E-state index is 12.7. The zero-order valence-electron chi connectivity index (χ0n) is 16.6. The molecule has 6 heteroatoms. The number of Topliss-reactive ketones (excluding diaryl/α,β-unsaturated/α-hetero) is 1. The SMILES string of the molecule is CC(=O)O[C@]1(C(C)=O)C=C[C@H]2[C@@H]3C=C(Cl)C4=CC(=O)OC[C@]4(C)[C@H]3CC[C@@]21C. The molecule has 150 valence electrons. The molecular formula is C22H25ClO5. The highest BCUT2D eigenvalue weighted by atomic mass is 35.5. The predicted octanol–water partition coefficient (Wildman–Crippen LogP) is 3.72. The molecule has 0 radical (unpaired) electrons. The van der Waals surface area contributed by atoms with E-state index in [0.717, 1.165) is 18.4 Å². The van der Waals surface area contributed by atoms with Crippen molar-refractivity contribution < 1.29 is 23.9 Å². The van der Waals surface area contributed by atoms with Crippen LogP contribution in [0.3, 0.4) is 0 Å². The average molecular weight is 405 g/mol. The van der Waals surface area contributed by atoms with Gasteiger partial charge >= 0.3 is 11.9 Å². The third-order valence-corrected chi connectivity index (χ3v) is 7.94. The number of carbonyl (C=O) groups is 3. The number of fused-ring (bicyclic) bond motifs is 5. The molecule has 1 fully saturated rings. The molecule has 0 bridgehead atoms. The summed E-state index contributed by atoms with van der Waals surface area (Å²) in [5.74, 6) is -0.692. The van der Waals surface area contributed by atoms with E-state index in [1.54, 1.807) is 6.08 Å². The fourth-order valence-electron chi connectivity index (χ4n) is 6.16. The maximum Gasteiger partial charge on any atom is 0.331 e. The Morgan fingerprint density at radius 3 is 2.64 bits per heavy atom. The first kappa shape index (κ1) is 19.4. The summed E-state index contributed by atoms with van der Waals surface area (Å²) in [5.41, 5.74) is -1.30. The van der Waals surface area contributed by atoms with Gasteiger partial charge < -0.3 is 9.47 Å². The first-order valence-corrected chi connectivity index (χ1v) is 10.1. The summed E-state index contributed by atoms with van der Waals surface area (Å²) in [6.07, 6.45) is 8.88. The van der Waals surface area contributed by atoms with E-state index in [1.807, 2.05) is 19.1 Å². The van der Waals surface area contributed by atoms with Gasteiger partial charge in [0.05, 0.1) is 0 Å². The molecule has 0 unspecified atom stereocenters. The van der Waals surface area contributed by atoms with Crippen molar-refractivity contribution in [2.24, 2.45) is 28.6 Å². The first-order chi connectivity index (χ1) is 13.0. The van der Waals surface area contributed by atoms with Crippen LogP contribution in [0.5, 0.6) is 0 Å². The van der Waals surface area contributed by atoms with Gasteiger partial charge in [-0.1, -0.05) is 37.6 Å². The van der Waals surface area contributed by atoms with Crippen LogP contribution in [0.2, 0.25) is 0 Å². The second kappa shape index (κ2) is 6.06. The second-order valence-corrected chi connectivity index (χ2v) is 9.42. The first-order valence-electron chi connectivity index (χ1n) is 9.72. The van der Waals surface area contributed by atoms with Crippen LogP contribution in [-0.4, -0.2) is 29.9 Å². The minimum absolute atomic E-state index is 0.000692. The van der Waals surface area contributed by atoms with Crippen molar-refractivity contribution in [2.75, 3.05) is 6.61 Å². The highest BCUT2D eigenvalue weighted by molar-refractivity contribution is 6.32. The van der Waals surface area contributed by atoms with Crippen LogP contribution < -0.4 is 0 Å². The number of hydrogen-bond acceptors (Lipinski definition) is 5. The van der Waals surface area contributed by atoms with Crippen molar-refractivity contribution in [1.29, 1.82) is 0 Å². The summed E-state index contributed by atoms with van der Waals surface area (Å²) in [4.78, 5) is 36.3. The quantitative estimate of drug-likeness (QED) is 0.518. The van der Waals surface area contributed by atoms with Crippen molar-refractivity contribution >= 4 is 29.3 Å². The molecule has 0 aromatic carbocycles. The fraction of sp³-hybridized carbons (Fsp3) is 0.591. The molecule has 1 heterocycles. The predicted molar refractivity (Wildman–Crippen MR) is 103 cm³/mol. The van der Waals surface area contributed by atoms with Crippen molar-refractivity contribution in [3.05, 3.63) is 34.9 Å². The summed E-state index contributed by atoms with van der Waals surface area (Å²) in [6.45, 7) is 7.27. The van der Waals surface area contributed by atoms with Gasteiger partial charge in [0.1, 0.15) is 6.61 Å². The summed E-state index contributed by atoms with van der Waals surface area (Å²) in [5, 5.41) is 0.575. The molecule has 6 atom stereocenters. The van der Waals surface area contributed by atoms with Crippen LogP contribution in [0, 0.1) is 28.6 Å². The van der Waals surface area contributed by atoms with E-state index in [-0.39, 0.29) is 34.9 Å². The molecule has 0 N–H and O–H groups in total. The van der Waals surface area contributed by atoms with Crippen LogP contribution in [0.1, 0.15) is 40.5 Å². The molecule has 28 heavy (non-hydrogen) atoms. The van der Waals surface area contributed by atoms with E-state index in [0.29, 0.717) is 11.6 Å². The third kappa shape index (κ3) is 2.35. The summed E-state index contributed by atoms with van der Waals surface area (Å²) in [6, 6.07) is 0. The van der Waals surface area contributed by atoms with Crippen molar-refractivity contribution in [3.63, 3.8) is 0 Å². The molecule has 0 aromatic heterocycles. The lowest BCUT2D eigenvalue weighted by molar-refractivity contribution is -0.180. The lowest BCUT2D eigenvalue weighted by Crippen LogP contribution is -2.59. The van der Waals surface area contributed by atoms with Crippen LogP contribution in [-0.2, 0) is 23.9 Å². The number of hydrogen-bond donors (Lipinski definition) is 0. The number of esters is 2. The zero-order chi connectivity index (χ0) is 20.5. The number of ether oxygens (including phenoxy) is 2. The largest absolute Gasteiger partial charge is 0.462 e. The lowest BCUT2D eigenvalue weighted by atomic mass is 9.48. The molecule has 3 aliphatic carbocycles. The molecule has 4 rings (SSSR count). The van der Waals surface area contributed by atoms with E-state index in [9.17, 15) is 14.4 Å². The Morgan fingerprint density at radius 1 is 1.29 bits per heavy atom. The average Bonchev–Trinajstić information content (AvgIpc) is 2.90. The van der Waals surface area contributed by atoms with Crippen molar-refractivity contribution in [1.82, 2.24) is 0 Å². The van der Waals surface area contributed by atoms with E-state index in [1.165, 1.54) is 19.9 Å². The normalized spacial score (nSPS) is 43.8. The van der Waals surface area contributed by atoms with Crippen LogP contribution in [0.15, 0.2) is 34.9 Å². The molecule has 1 aliphatic heterocycles. The maximum atomic E-state index is 12.7. The van der Waals surface area contributed by atoms with Gasteiger partial charge in [-0.15, -0.1) is 0 Å². The molecule has 1 saturated carbocycles. The number of cyclic esters (lactones) is 1. The van der Waals surface area contributed by atoms with Gasteiger partial charge in [-0.25, -0.2) is 4.79 Å². The van der Waals surface area contributed by atoms with Gasteiger partial charge in [0.2, 0.25) is 0 Å². The minimum atomic E-state index is -1.25. The van der Waals surface area contributed by atoms with Gasteiger partial charge in [-0.2, -0.15) is 0 Å². The smallest absolute Gasteiger partial charge is 0.331 e. The zero-order valence-corrected chi connectivity index (χ0v) is 17.3. The Balaban J connectivity index is 1.80. The van der Waals surface area contributed by atoms with Crippen molar-refractivity contribution in [3.8, 4) is 0 Å². The topological polar surface area (TPSA) is 69.7 Å². The summed E-state index contributed by atoms with van der Waals surface area (Å²) >= 11 is 6.63. The van der Waals surface area contributed by atoms with Gasteiger partial charge in [0.15, 0.2) is 11.4 Å². The Kier molecular flexibility index (Phi) is 4.20. The third-order valence-electron chi connectivity index (χ3n) is 7.61. The standard InChI is InChI=1S/C22H25ClO5/c1-12(24)22(28-13(2)25)8-6-16-14-9-18(23)17-10-19(26)27-11-20(17,3)15(14)5-7-21(16,22)4/h6,8-10,14-16H,5,7,11H2,1-4H3/t14-,15+,16+,20-,21+,22+/m1/s1. The summed E-state index contributed by atoms with van der Waals surface area (Å²) in [7, 11) is 0. The summed E-state index contributed by atoms with van der Waals surface area (Å²) < 4.78 is 11.0. The van der Waals surface area contributed by atoms with Crippen LogP contribution >= 0.6 is 11.6 Å². The van der Waals surface area contributed by atoms with Crippen LogP contribution in [0.25, 0.3) is 0 Å². The molecule has 0 amide bonds. The Labute approximate surface area is 169 Å². The molecule has 4 aliphatic rings. The number of allylic oxidation sites excluding steroid dienone is 3. The number of rotatable bonds is 2. The molecule has 0 spiro atoms. The monoisotopic (exact) mass is 404 g/mol. The van der Waals surface area contributed by atoms with Gasteiger partial charge in [-0.05, 0) is 49.2 Å². The van der Waals surface area contributed by atoms with Crippen LogP contribution in [0.4, 0.5) is 0 Å². The fourth-order valence-corrected chi connectivity index (χ4v) is 6.57. The van der Waals surface area contributed by atoms with E-state index in [4.69, 9.17) is 21.1 Å². The van der Waals surface area contributed by atoms with E-state index >= 15 is 0 Å². The van der Waals surface area contributed by atoms with E-state index in [2.05, 4.69) is 6.92 Å². The molecule has 0 saturated heterocycles. The van der Waals surface area contributed by atoms with E-state index < -0.39 is 17.0 Å². The van der Waals surface area contributed by atoms with Gasteiger partial charge in [-0.3, -0.25) is 9.59 Å². The molecular weight excluding hydrogens is 380 g/mol. The minimum Gasteiger partial charge on any atom is -0.462 e. The number of halogens is 1. The Bertz CT molecular complexity index is 870. The molecule has 5 nitrogen and oxygen atoms in total. The molecule has 0 aromatic rings. The Morgan fingerprint density at radius 2 is 2.00 bits per heavy atom. The number of ketones is 1. The van der Waals surface area contributed by atoms with Gasteiger partial charge in [0, 0.05) is 28.9 Å². The lowest BCUT2D eigenvalue weighted by Gasteiger charge is -2.57. The number of carbonyl (C=O) groups excluding carboxylic acids is 3.